The minimum absolute atomic E-state index is 0.0232. The molecule has 4 N–H and O–H groups in total. The summed E-state index contributed by atoms with van der Waals surface area (Å²) in [5.41, 5.74) is 5.68. The third-order valence-corrected chi connectivity index (χ3v) is 5.92. The number of halogens is 3. The van der Waals surface area contributed by atoms with Crippen LogP contribution in [0.4, 0.5) is 4.39 Å². The van der Waals surface area contributed by atoms with Gasteiger partial charge in [0, 0.05) is 11.6 Å². The van der Waals surface area contributed by atoms with Crippen LogP contribution in [-0.2, 0) is 10.0 Å². The Morgan fingerprint density at radius 1 is 1.06 bits per heavy atom. The zero-order valence-electron chi connectivity index (χ0n) is 15.9. The fourth-order valence-electron chi connectivity index (χ4n) is 2.82. The number of primary amides is 1. The number of amides is 1. The Kier molecular flexibility index (Phi) is 6.42. The Hall–Kier alpha value is -2.85. The van der Waals surface area contributed by atoms with Gasteiger partial charge in [0.15, 0.2) is 11.5 Å². The molecule has 162 valence electrons. The van der Waals surface area contributed by atoms with E-state index in [0.29, 0.717) is 0 Å². The summed E-state index contributed by atoms with van der Waals surface area (Å²) in [6.45, 7) is 0. The molecule has 0 aliphatic heterocycles. The van der Waals surface area contributed by atoms with E-state index in [9.17, 15) is 17.6 Å². The van der Waals surface area contributed by atoms with Crippen LogP contribution in [0.3, 0.4) is 0 Å². The van der Waals surface area contributed by atoms with Crippen molar-refractivity contribution in [1.29, 1.82) is 0 Å². The van der Waals surface area contributed by atoms with Crippen LogP contribution in [0.15, 0.2) is 53.4 Å². The fraction of sp³-hybridized carbons (Fsp3) is 0.0500. The highest BCUT2D eigenvalue weighted by Crippen LogP contribution is 2.46. The molecule has 0 saturated heterocycles. The number of methoxy groups -OCH3 is 1. The molecule has 0 unspecified atom stereocenters. The van der Waals surface area contributed by atoms with E-state index in [-0.39, 0.29) is 48.9 Å². The van der Waals surface area contributed by atoms with Crippen molar-refractivity contribution in [3.8, 4) is 28.4 Å². The molecule has 0 aliphatic carbocycles. The smallest absolute Gasteiger partial charge is 0.252 e. The molecule has 0 radical (unpaired) electrons. The highest BCUT2D eigenvalue weighted by Gasteiger charge is 2.24. The van der Waals surface area contributed by atoms with Gasteiger partial charge in [-0.1, -0.05) is 35.3 Å². The minimum Gasteiger partial charge on any atom is -0.493 e. The summed E-state index contributed by atoms with van der Waals surface area (Å²) in [5.74, 6) is -1.51. The van der Waals surface area contributed by atoms with E-state index in [1.54, 1.807) is 0 Å². The summed E-state index contributed by atoms with van der Waals surface area (Å²) in [6, 6.07) is 10.2. The molecule has 11 heteroatoms. The van der Waals surface area contributed by atoms with Gasteiger partial charge in [-0.3, -0.25) is 4.79 Å². The first-order valence-electron chi connectivity index (χ1n) is 8.49. The summed E-state index contributed by atoms with van der Waals surface area (Å²) in [6.07, 6.45) is 0. The maximum absolute atomic E-state index is 13.6. The maximum Gasteiger partial charge on any atom is 0.252 e. The Labute approximate surface area is 187 Å². The van der Waals surface area contributed by atoms with Gasteiger partial charge in [-0.25, -0.2) is 17.9 Å². The van der Waals surface area contributed by atoms with Crippen LogP contribution < -0.4 is 20.3 Å². The summed E-state index contributed by atoms with van der Waals surface area (Å²) in [4.78, 5) is 11.9. The third kappa shape index (κ3) is 4.75. The lowest BCUT2D eigenvalue weighted by Gasteiger charge is -2.19. The predicted octanol–water partition coefficient (Wildman–Crippen LogP) is 4.35. The Bertz CT molecular complexity index is 1300. The van der Waals surface area contributed by atoms with Crippen LogP contribution >= 0.6 is 23.2 Å². The monoisotopic (exact) mass is 484 g/mol. The van der Waals surface area contributed by atoms with Crippen molar-refractivity contribution in [3.05, 3.63) is 70.0 Å². The zero-order chi connectivity index (χ0) is 22.9. The van der Waals surface area contributed by atoms with Gasteiger partial charge >= 0.3 is 0 Å². The second-order valence-corrected chi connectivity index (χ2v) is 8.60. The Balaban J connectivity index is 2.33. The molecule has 0 fully saturated rings. The topological polar surface area (TPSA) is 122 Å². The molecule has 0 bridgehead atoms. The van der Waals surface area contributed by atoms with Crippen molar-refractivity contribution in [1.82, 2.24) is 0 Å². The average molecular weight is 485 g/mol. The van der Waals surface area contributed by atoms with Crippen LogP contribution in [0.25, 0.3) is 11.1 Å². The molecule has 7 nitrogen and oxygen atoms in total. The molecular formula is C20H15Cl2FN2O5S. The second kappa shape index (κ2) is 8.72. The lowest BCUT2D eigenvalue weighted by molar-refractivity contribution is 0.0998. The van der Waals surface area contributed by atoms with Gasteiger partial charge in [-0.2, -0.15) is 0 Å². The number of hydrogen-bond acceptors (Lipinski definition) is 5. The van der Waals surface area contributed by atoms with Crippen molar-refractivity contribution in [2.45, 2.75) is 4.90 Å². The number of nitrogens with two attached hydrogens (primary N) is 2. The standard InChI is InChI=1S/C20H15Cl2FN2O5S/c1-29-16-8-11(23)5-6-15(16)30-19-13(20(24)26)9-14(21)18(22)17(19)10-3-2-4-12(7-10)31(25,27)28/h2-9H,1H3,(H2,24,26)(H2,25,27,28). The largest absolute Gasteiger partial charge is 0.493 e. The van der Waals surface area contributed by atoms with E-state index in [1.165, 1.54) is 43.5 Å². The highest BCUT2D eigenvalue weighted by molar-refractivity contribution is 7.89. The molecule has 0 aliphatic rings. The van der Waals surface area contributed by atoms with E-state index in [1.807, 2.05) is 0 Å². The molecule has 0 atom stereocenters. The van der Waals surface area contributed by atoms with E-state index in [4.69, 9.17) is 43.5 Å². The molecule has 3 aromatic carbocycles. The minimum atomic E-state index is -4.04. The summed E-state index contributed by atoms with van der Waals surface area (Å²) >= 11 is 12.6. The van der Waals surface area contributed by atoms with Crippen molar-refractivity contribution < 1.29 is 27.1 Å². The lowest BCUT2D eigenvalue weighted by Crippen LogP contribution is -2.14. The van der Waals surface area contributed by atoms with Crippen LogP contribution in [0.5, 0.6) is 17.2 Å². The molecule has 0 saturated carbocycles. The van der Waals surface area contributed by atoms with Crippen molar-refractivity contribution in [3.63, 3.8) is 0 Å². The predicted molar refractivity (Wildman–Crippen MR) is 115 cm³/mol. The van der Waals surface area contributed by atoms with Gasteiger partial charge in [0.1, 0.15) is 11.6 Å². The van der Waals surface area contributed by atoms with E-state index in [0.717, 1.165) is 12.1 Å². The van der Waals surface area contributed by atoms with Crippen molar-refractivity contribution >= 4 is 39.1 Å². The van der Waals surface area contributed by atoms with Crippen LogP contribution in [0.2, 0.25) is 10.0 Å². The molecule has 3 rings (SSSR count). The molecule has 0 heterocycles. The van der Waals surface area contributed by atoms with Gasteiger partial charge in [0.2, 0.25) is 10.0 Å². The van der Waals surface area contributed by atoms with Gasteiger partial charge in [0.25, 0.3) is 5.91 Å². The van der Waals surface area contributed by atoms with E-state index >= 15 is 0 Å². The van der Waals surface area contributed by atoms with Crippen LogP contribution in [0, 0.1) is 5.82 Å². The first-order chi connectivity index (χ1) is 14.5. The van der Waals surface area contributed by atoms with Gasteiger partial charge in [-0.05, 0) is 35.9 Å². The number of sulfonamides is 1. The Morgan fingerprint density at radius 2 is 1.77 bits per heavy atom. The van der Waals surface area contributed by atoms with Crippen molar-refractivity contribution in [2.75, 3.05) is 7.11 Å². The number of rotatable bonds is 6. The zero-order valence-corrected chi connectivity index (χ0v) is 18.2. The fourth-order valence-corrected chi connectivity index (χ4v) is 3.83. The third-order valence-electron chi connectivity index (χ3n) is 4.23. The molecule has 3 aromatic rings. The number of carbonyl (C=O) groups is 1. The molecule has 0 aromatic heterocycles. The lowest BCUT2D eigenvalue weighted by atomic mass is 10.0. The first kappa shape index (κ1) is 22.8. The quantitative estimate of drug-likeness (QED) is 0.538. The SMILES string of the molecule is COc1cc(F)ccc1Oc1c(C(N)=O)cc(Cl)c(Cl)c1-c1cccc(S(N)(=O)=O)c1. The van der Waals surface area contributed by atoms with E-state index in [2.05, 4.69) is 0 Å². The normalized spacial score (nSPS) is 11.3. The summed E-state index contributed by atoms with van der Waals surface area (Å²) in [5, 5.41) is 5.16. The highest BCUT2D eigenvalue weighted by atomic mass is 35.5. The van der Waals surface area contributed by atoms with Crippen LogP contribution in [0.1, 0.15) is 10.4 Å². The number of carbonyl (C=O) groups excluding carboxylic acids is 1. The number of hydrogen-bond donors (Lipinski definition) is 2. The Morgan fingerprint density at radius 3 is 2.39 bits per heavy atom. The van der Waals surface area contributed by atoms with Crippen molar-refractivity contribution in [2.24, 2.45) is 10.9 Å². The maximum atomic E-state index is 13.6. The van der Waals surface area contributed by atoms with Gasteiger partial charge < -0.3 is 15.2 Å². The van der Waals surface area contributed by atoms with Gasteiger partial charge in [-0.15, -0.1) is 0 Å². The molecular weight excluding hydrogens is 470 g/mol. The van der Waals surface area contributed by atoms with E-state index < -0.39 is 21.7 Å². The molecule has 31 heavy (non-hydrogen) atoms. The van der Waals surface area contributed by atoms with Crippen LogP contribution in [-0.4, -0.2) is 21.4 Å². The molecule has 0 spiro atoms. The first-order valence-corrected chi connectivity index (χ1v) is 10.8. The summed E-state index contributed by atoms with van der Waals surface area (Å²) in [7, 11) is -2.73. The average Bonchev–Trinajstić information content (AvgIpc) is 2.71. The molecule has 1 amide bonds. The number of benzene rings is 3. The van der Waals surface area contributed by atoms with Gasteiger partial charge in [0.05, 0.1) is 27.6 Å². The number of ether oxygens (including phenoxy) is 2. The summed E-state index contributed by atoms with van der Waals surface area (Å²) < 4.78 is 48.2. The number of primary sulfonamides is 1. The second-order valence-electron chi connectivity index (χ2n) is 6.26.